The van der Waals surface area contributed by atoms with Crippen LogP contribution in [0.4, 0.5) is 0 Å². The number of carbonyl (C=O) groups is 2. The van der Waals surface area contributed by atoms with Gasteiger partial charge in [-0.05, 0) is 51.3 Å². The van der Waals surface area contributed by atoms with Gasteiger partial charge in [-0.1, -0.05) is 12.2 Å². The fourth-order valence-electron chi connectivity index (χ4n) is 4.40. The van der Waals surface area contributed by atoms with Gasteiger partial charge in [0.05, 0.1) is 0 Å². The Morgan fingerprint density at radius 1 is 1.35 bits per heavy atom. The monoisotopic (exact) mass is 360 g/mol. The number of aliphatic hydroxyl groups is 1. The molecule has 4 aliphatic heterocycles. The van der Waals surface area contributed by atoms with Crippen LogP contribution in [0.3, 0.4) is 0 Å². The maximum absolute atomic E-state index is 12.7. The molecule has 6 heteroatoms. The van der Waals surface area contributed by atoms with E-state index in [0.29, 0.717) is 30.4 Å². The first-order valence-electron chi connectivity index (χ1n) is 9.02. The van der Waals surface area contributed by atoms with Crippen molar-refractivity contribution in [1.82, 2.24) is 0 Å². The van der Waals surface area contributed by atoms with Gasteiger partial charge in [0.15, 0.2) is 5.78 Å². The van der Waals surface area contributed by atoms with Crippen LogP contribution >= 0.6 is 0 Å². The first kappa shape index (κ1) is 17.6. The van der Waals surface area contributed by atoms with Crippen molar-refractivity contribution in [3.05, 3.63) is 35.5 Å². The van der Waals surface area contributed by atoms with Crippen LogP contribution in [0.2, 0.25) is 0 Å². The molecule has 0 radical (unpaired) electrons. The second-order valence-corrected chi connectivity index (χ2v) is 8.12. The highest BCUT2D eigenvalue weighted by molar-refractivity contribution is 5.99. The summed E-state index contributed by atoms with van der Waals surface area (Å²) in [6.07, 6.45) is 2.88. The van der Waals surface area contributed by atoms with Gasteiger partial charge in [-0.25, -0.2) is 4.79 Å². The summed E-state index contributed by atoms with van der Waals surface area (Å²) in [6, 6.07) is 0. The maximum atomic E-state index is 12.7. The number of hydrogen-bond donors (Lipinski definition) is 1. The summed E-state index contributed by atoms with van der Waals surface area (Å²) in [4.78, 5) is 24.9. The van der Waals surface area contributed by atoms with E-state index in [4.69, 9.17) is 14.2 Å². The molecule has 0 spiro atoms. The number of esters is 1. The number of Topliss-reactive ketones (excluding diaryl/α,β-unsaturated/α-hetero) is 1. The van der Waals surface area contributed by atoms with Crippen LogP contribution in [0.5, 0.6) is 0 Å². The standard InChI is InChI=1S/C20H24O6/c1-10(2)14-6-5-12-7-13(24-17(12)22)9-19(4)18(26-19)20(23)8-11(3)15(21)16(14)25-20/h7-8,13-14,16,18,23H,1,5-6,9H2,2-4H3/t13-,14+,16+,18+,19+,20+/m1/s1. The molecule has 1 saturated heterocycles. The summed E-state index contributed by atoms with van der Waals surface area (Å²) >= 11 is 0. The van der Waals surface area contributed by atoms with Crippen molar-refractivity contribution in [3.8, 4) is 0 Å². The van der Waals surface area contributed by atoms with E-state index in [2.05, 4.69) is 6.58 Å². The van der Waals surface area contributed by atoms with Gasteiger partial charge in [0.2, 0.25) is 5.79 Å². The number of ether oxygens (including phenoxy) is 3. The molecule has 4 bridgehead atoms. The minimum atomic E-state index is -1.68. The van der Waals surface area contributed by atoms with Crippen LogP contribution in [0.1, 0.15) is 40.0 Å². The van der Waals surface area contributed by atoms with Gasteiger partial charge in [0.25, 0.3) is 0 Å². The van der Waals surface area contributed by atoms with Crippen molar-refractivity contribution in [2.45, 2.75) is 69.7 Å². The van der Waals surface area contributed by atoms with E-state index in [-0.39, 0.29) is 23.8 Å². The second kappa shape index (κ2) is 5.62. The van der Waals surface area contributed by atoms with Crippen LogP contribution < -0.4 is 0 Å². The fourth-order valence-corrected chi connectivity index (χ4v) is 4.40. The third-order valence-corrected chi connectivity index (χ3v) is 5.88. The summed E-state index contributed by atoms with van der Waals surface area (Å²) in [5.41, 5.74) is 1.17. The topological polar surface area (TPSA) is 85.4 Å². The van der Waals surface area contributed by atoms with Gasteiger partial charge >= 0.3 is 5.97 Å². The van der Waals surface area contributed by atoms with Gasteiger partial charge in [0.1, 0.15) is 23.9 Å². The lowest BCUT2D eigenvalue weighted by Gasteiger charge is -2.38. The predicted molar refractivity (Wildman–Crippen MR) is 92.0 cm³/mol. The zero-order chi connectivity index (χ0) is 18.9. The number of ketones is 1. The SMILES string of the molecule is C=C(C)[C@@H]1CCC2=C[C@H](C[C@]3(C)O[C@@H]3[C@]3(O)C=C(C)C(=O)[C@H]1O3)OC2=O. The number of rotatable bonds is 1. The molecule has 0 unspecified atom stereocenters. The van der Waals surface area contributed by atoms with Crippen molar-refractivity contribution in [3.63, 3.8) is 0 Å². The Hall–Kier alpha value is -1.76. The summed E-state index contributed by atoms with van der Waals surface area (Å²) in [7, 11) is 0. The molecule has 4 heterocycles. The smallest absolute Gasteiger partial charge is 0.334 e. The normalized spacial score (nSPS) is 44.8. The lowest BCUT2D eigenvalue weighted by molar-refractivity contribution is -0.220. The first-order valence-corrected chi connectivity index (χ1v) is 9.02. The zero-order valence-corrected chi connectivity index (χ0v) is 15.3. The molecule has 140 valence electrons. The van der Waals surface area contributed by atoms with Crippen molar-refractivity contribution in [2.24, 2.45) is 5.92 Å². The first-order chi connectivity index (χ1) is 12.1. The molecule has 0 saturated carbocycles. The highest BCUT2D eigenvalue weighted by Gasteiger charge is 2.66. The van der Waals surface area contributed by atoms with E-state index >= 15 is 0 Å². The minimum absolute atomic E-state index is 0.164. The molecule has 1 fully saturated rings. The summed E-state index contributed by atoms with van der Waals surface area (Å²) in [6.45, 7) is 9.37. The Morgan fingerprint density at radius 3 is 2.77 bits per heavy atom. The molecular formula is C20H24O6. The van der Waals surface area contributed by atoms with Crippen LogP contribution in [0, 0.1) is 5.92 Å². The van der Waals surface area contributed by atoms with E-state index in [0.717, 1.165) is 5.57 Å². The van der Waals surface area contributed by atoms with Gasteiger partial charge < -0.3 is 19.3 Å². The Kier molecular flexibility index (Phi) is 3.81. The minimum Gasteiger partial charge on any atom is -0.455 e. The van der Waals surface area contributed by atoms with Crippen molar-refractivity contribution in [2.75, 3.05) is 0 Å². The molecule has 0 aromatic heterocycles. The zero-order valence-electron chi connectivity index (χ0n) is 15.3. The Balaban J connectivity index is 1.76. The molecular weight excluding hydrogens is 336 g/mol. The number of epoxide rings is 1. The van der Waals surface area contributed by atoms with Gasteiger partial charge in [0, 0.05) is 17.9 Å². The molecule has 4 rings (SSSR count). The molecule has 0 aromatic rings. The molecule has 0 aromatic carbocycles. The number of fused-ring (bicyclic) bond motifs is 5. The molecule has 0 amide bonds. The van der Waals surface area contributed by atoms with Gasteiger partial charge in [-0.15, -0.1) is 0 Å². The lowest BCUT2D eigenvalue weighted by atomic mass is 9.82. The summed E-state index contributed by atoms with van der Waals surface area (Å²) in [5, 5.41) is 11.1. The third kappa shape index (κ3) is 2.68. The van der Waals surface area contributed by atoms with Crippen LogP contribution in [0.15, 0.2) is 35.5 Å². The molecule has 6 atom stereocenters. The van der Waals surface area contributed by atoms with E-state index in [1.165, 1.54) is 6.08 Å². The predicted octanol–water partition coefficient (Wildman–Crippen LogP) is 1.97. The second-order valence-electron chi connectivity index (χ2n) is 8.12. The largest absolute Gasteiger partial charge is 0.455 e. The highest BCUT2D eigenvalue weighted by atomic mass is 16.7. The Bertz CT molecular complexity index is 764. The molecule has 4 aliphatic rings. The average Bonchev–Trinajstić information content (AvgIpc) is 3.09. The van der Waals surface area contributed by atoms with Crippen molar-refractivity contribution in [1.29, 1.82) is 0 Å². The van der Waals surface area contributed by atoms with Crippen molar-refractivity contribution < 1.29 is 28.9 Å². The van der Waals surface area contributed by atoms with Crippen LogP contribution in [-0.2, 0) is 23.8 Å². The van der Waals surface area contributed by atoms with Crippen LogP contribution in [0.25, 0.3) is 0 Å². The Labute approximate surface area is 152 Å². The quantitative estimate of drug-likeness (QED) is 0.437. The summed E-state index contributed by atoms with van der Waals surface area (Å²) in [5.74, 6) is -2.48. The van der Waals surface area contributed by atoms with E-state index in [1.54, 1.807) is 6.92 Å². The molecule has 0 aliphatic carbocycles. The molecule has 1 N–H and O–H groups in total. The maximum Gasteiger partial charge on any atom is 0.334 e. The van der Waals surface area contributed by atoms with E-state index in [9.17, 15) is 14.7 Å². The average molecular weight is 360 g/mol. The highest BCUT2D eigenvalue weighted by Crippen LogP contribution is 2.51. The lowest BCUT2D eigenvalue weighted by Crippen LogP contribution is -2.51. The van der Waals surface area contributed by atoms with E-state index < -0.39 is 23.6 Å². The summed E-state index contributed by atoms with van der Waals surface area (Å²) < 4.78 is 17.2. The molecule has 26 heavy (non-hydrogen) atoms. The number of carbonyl (C=O) groups excluding carboxylic acids is 2. The molecule has 6 nitrogen and oxygen atoms in total. The Morgan fingerprint density at radius 2 is 2.08 bits per heavy atom. The van der Waals surface area contributed by atoms with Crippen LogP contribution in [-0.4, -0.2) is 46.6 Å². The third-order valence-electron chi connectivity index (χ3n) is 5.88. The van der Waals surface area contributed by atoms with Crippen molar-refractivity contribution >= 4 is 11.8 Å². The van der Waals surface area contributed by atoms with Gasteiger partial charge in [-0.3, -0.25) is 4.79 Å². The number of hydrogen-bond acceptors (Lipinski definition) is 6. The fraction of sp³-hybridized carbons (Fsp3) is 0.600. The van der Waals surface area contributed by atoms with E-state index in [1.807, 2.05) is 19.9 Å². The van der Waals surface area contributed by atoms with Gasteiger partial charge in [-0.2, -0.15) is 0 Å².